The molecule has 0 aromatic carbocycles. The Hall–Kier alpha value is -1.08. The van der Waals surface area contributed by atoms with Gasteiger partial charge in [-0.2, -0.15) is 5.10 Å². The Morgan fingerprint density at radius 1 is 1.41 bits per heavy atom. The highest BCUT2D eigenvalue weighted by atomic mass is 32.2. The molecule has 0 bridgehead atoms. The first-order valence-corrected chi connectivity index (χ1v) is 7.10. The van der Waals surface area contributed by atoms with Gasteiger partial charge in [0.15, 0.2) is 0 Å². The molecule has 0 amide bonds. The topological polar surface area (TPSA) is 84.1 Å². The maximum atomic E-state index is 11.8. The van der Waals surface area contributed by atoms with Crippen molar-refractivity contribution in [1.29, 1.82) is 0 Å². The maximum absolute atomic E-state index is 11.8. The van der Waals surface area contributed by atoms with Crippen LogP contribution in [0.1, 0.15) is 25.2 Å². The third-order valence-electron chi connectivity index (χ3n) is 2.19. The largest absolute Gasteiger partial charge is 0.378 e. The number of rotatable bonds is 6. The number of nitrogens with one attached hydrogen (secondary N) is 2. The van der Waals surface area contributed by atoms with Gasteiger partial charge in [-0.15, -0.1) is 0 Å². The number of anilines is 1. The molecule has 0 radical (unpaired) electrons. The fourth-order valence-corrected chi connectivity index (χ4v) is 2.33. The molecule has 1 heterocycles. The molecule has 17 heavy (non-hydrogen) atoms. The Labute approximate surface area is 102 Å². The van der Waals surface area contributed by atoms with Crippen LogP contribution >= 0.6 is 0 Å². The van der Waals surface area contributed by atoms with E-state index < -0.39 is 10.0 Å². The number of aromatic amines is 1. The van der Waals surface area contributed by atoms with Crippen LogP contribution in [0.15, 0.2) is 0 Å². The summed E-state index contributed by atoms with van der Waals surface area (Å²) >= 11 is 0. The predicted molar refractivity (Wildman–Crippen MR) is 66.6 cm³/mol. The molecule has 2 N–H and O–H groups in total. The van der Waals surface area contributed by atoms with E-state index >= 15 is 0 Å². The standard InChI is InChI=1S/C10H19N3O3S/c1-7(2)16-5-6-17(14,15)13-10-8(3)11-12-9(10)4/h7,13H,5-6H2,1-4H3,(H,11,12). The van der Waals surface area contributed by atoms with E-state index in [0.717, 1.165) is 0 Å². The second-order valence-electron chi connectivity index (χ2n) is 4.15. The van der Waals surface area contributed by atoms with Crippen LogP contribution in [0.4, 0.5) is 5.69 Å². The Morgan fingerprint density at radius 2 is 2.06 bits per heavy atom. The van der Waals surface area contributed by atoms with Gasteiger partial charge in [-0.25, -0.2) is 8.42 Å². The Bertz CT molecular complexity index is 446. The van der Waals surface area contributed by atoms with E-state index in [1.165, 1.54) is 0 Å². The number of ether oxygens (including phenoxy) is 1. The van der Waals surface area contributed by atoms with Crippen molar-refractivity contribution in [3.05, 3.63) is 11.4 Å². The first-order chi connectivity index (χ1) is 7.82. The van der Waals surface area contributed by atoms with Crippen LogP contribution < -0.4 is 4.72 Å². The highest BCUT2D eigenvalue weighted by molar-refractivity contribution is 7.92. The molecule has 0 saturated carbocycles. The van der Waals surface area contributed by atoms with Crippen LogP contribution in [0.3, 0.4) is 0 Å². The molecule has 0 spiro atoms. The molecular formula is C10H19N3O3S. The van der Waals surface area contributed by atoms with Gasteiger partial charge in [0.25, 0.3) is 0 Å². The third-order valence-corrected chi connectivity index (χ3v) is 3.41. The van der Waals surface area contributed by atoms with Gasteiger partial charge in [-0.3, -0.25) is 9.82 Å². The number of aromatic nitrogens is 2. The van der Waals surface area contributed by atoms with E-state index in [4.69, 9.17) is 4.74 Å². The third kappa shape index (κ3) is 4.35. The van der Waals surface area contributed by atoms with Crippen molar-refractivity contribution in [3.63, 3.8) is 0 Å². The number of hydrogen-bond donors (Lipinski definition) is 2. The zero-order chi connectivity index (χ0) is 13.1. The molecule has 0 aliphatic rings. The fraction of sp³-hybridized carbons (Fsp3) is 0.700. The summed E-state index contributed by atoms with van der Waals surface area (Å²) in [6.45, 7) is 7.42. The van der Waals surface area contributed by atoms with Crippen LogP contribution in [-0.2, 0) is 14.8 Å². The van der Waals surface area contributed by atoms with Crippen LogP contribution in [0, 0.1) is 13.8 Å². The number of sulfonamides is 1. The lowest BCUT2D eigenvalue weighted by Crippen LogP contribution is -2.22. The zero-order valence-electron chi connectivity index (χ0n) is 10.6. The number of nitrogens with zero attached hydrogens (tertiary/aromatic N) is 1. The molecule has 1 aromatic rings. The molecular weight excluding hydrogens is 242 g/mol. The molecule has 1 aromatic heterocycles. The van der Waals surface area contributed by atoms with E-state index in [1.807, 2.05) is 13.8 Å². The van der Waals surface area contributed by atoms with E-state index in [1.54, 1.807) is 13.8 Å². The molecule has 98 valence electrons. The number of hydrogen-bond acceptors (Lipinski definition) is 4. The zero-order valence-corrected chi connectivity index (χ0v) is 11.4. The van der Waals surface area contributed by atoms with Gasteiger partial charge in [-0.1, -0.05) is 0 Å². The SMILES string of the molecule is Cc1n[nH]c(C)c1NS(=O)(=O)CCOC(C)C. The Balaban J connectivity index is 2.61. The van der Waals surface area contributed by atoms with Gasteiger partial charge in [0, 0.05) is 0 Å². The Morgan fingerprint density at radius 3 is 2.53 bits per heavy atom. The molecule has 0 saturated heterocycles. The van der Waals surface area contributed by atoms with Crippen molar-refractivity contribution in [2.24, 2.45) is 0 Å². The van der Waals surface area contributed by atoms with Crippen molar-refractivity contribution in [3.8, 4) is 0 Å². The monoisotopic (exact) mass is 261 g/mol. The highest BCUT2D eigenvalue weighted by Crippen LogP contribution is 2.17. The summed E-state index contributed by atoms with van der Waals surface area (Å²) < 4.78 is 31.2. The molecule has 0 aliphatic heterocycles. The number of H-pyrrole nitrogens is 1. The second-order valence-corrected chi connectivity index (χ2v) is 5.99. The van der Waals surface area contributed by atoms with E-state index in [-0.39, 0.29) is 18.5 Å². The average Bonchev–Trinajstić information content (AvgIpc) is 2.48. The van der Waals surface area contributed by atoms with Crippen molar-refractivity contribution in [2.45, 2.75) is 33.8 Å². The summed E-state index contributed by atoms with van der Waals surface area (Å²) in [5.74, 6) is -0.0603. The lowest BCUT2D eigenvalue weighted by atomic mass is 10.3. The van der Waals surface area contributed by atoms with Crippen molar-refractivity contribution < 1.29 is 13.2 Å². The summed E-state index contributed by atoms with van der Waals surface area (Å²) in [6, 6.07) is 0. The minimum absolute atomic E-state index is 0.0302. The summed E-state index contributed by atoms with van der Waals surface area (Å²) in [5, 5.41) is 6.65. The van der Waals surface area contributed by atoms with E-state index in [9.17, 15) is 8.42 Å². The minimum Gasteiger partial charge on any atom is -0.378 e. The van der Waals surface area contributed by atoms with Crippen molar-refractivity contribution in [1.82, 2.24) is 10.2 Å². The minimum atomic E-state index is -3.38. The molecule has 0 atom stereocenters. The first kappa shape index (κ1) is 14.0. The quantitative estimate of drug-likeness (QED) is 0.805. The van der Waals surface area contributed by atoms with E-state index in [2.05, 4.69) is 14.9 Å². The summed E-state index contributed by atoms with van der Waals surface area (Å²) in [7, 11) is -3.38. The van der Waals surface area contributed by atoms with Gasteiger partial charge < -0.3 is 4.74 Å². The van der Waals surface area contributed by atoms with Gasteiger partial charge >= 0.3 is 0 Å². The Kier molecular flexibility index (Phi) is 4.53. The molecule has 0 aliphatic carbocycles. The first-order valence-electron chi connectivity index (χ1n) is 5.45. The summed E-state index contributed by atoms with van der Waals surface area (Å²) in [6.07, 6.45) is 0.0302. The van der Waals surface area contributed by atoms with Crippen molar-refractivity contribution in [2.75, 3.05) is 17.1 Å². The van der Waals surface area contributed by atoms with Crippen LogP contribution in [0.2, 0.25) is 0 Å². The van der Waals surface area contributed by atoms with Gasteiger partial charge in [0.1, 0.15) is 0 Å². The molecule has 6 nitrogen and oxygen atoms in total. The van der Waals surface area contributed by atoms with Gasteiger partial charge in [0.2, 0.25) is 10.0 Å². The second kappa shape index (κ2) is 5.50. The molecule has 0 fully saturated rings. The lowest BCUT2D eigenvalue weighted by molar-refractivity contribution is 0.0913. The van der Waals surface area contributed by atoms with Crippen LogP contribution in [0.25, 0.3) is 0 Å². The maximum Gasteiger partial charge on any atom is 0.235 e. The smallest absolute Gasteiger partial charge is 0.235 e. The summed E-state index contributed by atoms with van der Waals surface area (Å²) in [5.41, 5.74) is 1.86. The average molecular weight is 261 g/mol. The number of aryl methyl sites for hydroxylation is 2. The molecule has 1 rings (SSSR count). The van der Waals surface area contributed by atoms with Crippen LogP contribution in [-0.4, -0.2) is 37.1 Å². The fourth-order valence-electron chi connectivity index (χ4n) is 1.30. The highest BCUT2D eigenvalue weighted by Gasteiger charge is 2.15. The summed E-state index contributed by atoms with van der Waals surface area (Å²) in [4.78, 5) is 0. The molecule has 0 unspecified atom stereocenters. The lowest BCUT2D eigenvalue weighted by Gasteiger charge is -2.10. The van der Waals surface area contributed by atoms with Gasteiger partial charge in [0.05, 0.1) is 35.5 Å². The van der Waals surface area contributed by atoms with Crippen LogP contribution in [0.5, 0.6) is 0 Å². The van der Waals surface area contributed by atoms with Gasteiger partial charge in [-0.05, 0) is 27.7 Å². The normalized spacial score (nSPS) is 12.1. The predicted octanol–water partition coefficient (Wildman–Crippen LogP) is 1.19. The van der Waals surface area contributed by atoms with Crippen molar-refractivity contribution >= 4 is 15.7 Å². The van der Waals surface area contributed by atoms with E-state index in [0.29, 0.717) is 17.1 Å². The molecule has 7 heteroatoms.